The molecule has 0 radical (unpaired) electrons. The lowest BCUT2D eigenvalue weighted by molar-refractivity contribution is -0.136. The maximum atomic E-state index is 12.3. The monoisotopic (exact) mass is 362 g/mol. The molecule has 1 aromatic heterocycles. The van der Waals surface area contributed by atoms with Crippen LogP contribution in [0.2, 0.25) is 0 Å². The van der Waals surface area contributed by atoms with E-state index in [4.69, 9.17) is 4.74 Å². The minimum atomic E-state index is -0.363. The average Bonchev–Trinajstić information content (AvgIpc) is 3.01. The van der Waals surface area contributed by atoms with E-state index in [-0.39, 0.29) is 12.0 Å². The zero-order chi connectivity index (χ0) is 15.7. The number of carbonyl (C=O) groups is 1. The fourth-order valence-electron chi connectivity index (χ4n) is 2.59. The van der Waals surface area contributed by atoms with Crippen LogP contribution in [0.4, 0.5) is 5.95 Å². The molecule has 22 heavy (non-hydrogen) atoms. The highest BCUT2D eigenvalue weighted by Crippen LogP contribution is 2.36. The first-order valence-electron chi connectivity index (χ1n) is 6.89. The van der Waals surface area contributed by atoms with Gasteiger partial charge in [-0.3, -0.25) is 0 Å². The summed E-state index contributed by atoms with van der Waals surface area (Å²) in [5.41, 5.74) is 2.31. The molecule has 0 aliphatic carbocycles. The Kier molecular flexibility index (Phi) is 3.98. The fraction of sp³-hybridized carbons (Fsp3) is 0.267. The molecule has 0 spiro atoms. The first kappa shape index (κ1) is 14.8. The maximum Gasteiger partial charge on any atom is 0.338 e. The van der Waals surface area contributed by atoms with Crippen LogP contribution in [0.3, 0.4) is 0 Å². The van der Waals surface area contributed by atoms with Crippen molar-refractivity contribution in [2.75, 3.05) is 12.4 Å². The van der Waals surface area contributed by atoms with Crippen molar-refractivity contribution in [1.82, 2.24) is 14.8 Å². The van der Waals surface area contributed by atoms with Crippen LogP contribution in [0.15, 0.2) is 46.3 Å². The van der Waals surface area contributed by atoms with Crippen LogP contribution in [0.1, 0.15) is 24.9 Å². The molecule has 3 rings (SSSR count). The highest BCUT2D eigenvalue weighted by Gasteiger charge is 2.34. The Morgan fingerprint density at radius 1 is 1.41 bits per heavy atom. The van der Waals surface area contributed by atoms with Gasteiger partial charge < -0.3 is 10.1 Å². The van der Waals surface area contributed by atoms with Gasteiger partial charge in [0.1, 0.15) is 12.4 Å². The molecular formula is C15H15BrN4O2. The van der Waals surface area contributed by atoms with E-state index in [9.17, 15) is 4.79 Å². The second kappa shape index (κ2) is 5.92. The number of allylic oxidation sites excluding steroid dienone is 1. The smallest absolute Gasteiger partial charge is 0.338 e. The van der Waals surface area contributed by atoms with E-state index in [1.54, 1.807) is 4.68 Å². The summed E-state index contributed by atoms with van der Waals surface area (Å²) in [4.78, 5) is 16.5. The Bertz CT molecular complexity index is 736. The highest BCUT2D eigenvalue weighted by atomic mass is 79.9. The number of ether oxygens (including phenoxy) is 1. The van der Waals surface area contributed by atoms with E-state index in [1.165, 1.54) is 13.4 Å². The van der Waals surface area contributed by atoms with Gasteiger partial charge in [0, 0.05) is 10.2 Å². The van der Waals surface area contributed by atoms with Crippen LogP contribution in [0, 0.1) is 0 Å². The second-order valence-corrected chi connectivity index (χ2v) is 5.76. The van der Waals surface area contributed by atoms with Gasteiger partial charge in [-0.1, -0.05) is 35.0 Å². The van der Waals surface area contributed by atoms with Crippen LogP contribution >= 0.6 is 15.9 Å². The maximum absolute atomic E-state index is 12.3. The van der Waals surface area contributed by atoms with Gasteiger partial charge in [0.15, 0.2) is 0 Å². The standard InChI is InChI=1S/C15H15BrN4O2/c1-3-11-12(14(21)22-2)13(9-4-6-10(16)7-5-9)20-15(19-11)17-8-18-20/h4-8,13H,3H2,1-2H3,(H,17,18,19). The predicted octanol–water partition coefficient (Wildman–Crippen LogP) is 2.89. The molecule has 114 valence electrons. The molecular weight excluding hydrogens is 348 g/mol. The van der Waals surface area contributed by atoms with Gasteiger partial charge in [0.05, 0.1) is 12.7 Å². The summed E-state index contributed by atoms with van der Waals surface area (Å²) in [5, 5.41) is 7.42. The molecule has 6 nitrogen and oxygen atoms in total. The molecule has 1 N–H and O–H groups in total. The zero-order valence-corrected chi connectivity index (χ0v) is 13.8. The summed E-state index contributed by atoms with van der Waals surface area (Å²) in [6.45, 7) is 1.98. The lowest BCUT2D eigenvalue weighted by Crippen LogP contribution is -2.29. The number of esters is 1. The number of anilines is 1. The van der Waals surface area contributed by atoms with Gasteiger partial charge in [-0.25, -0.2) is 9.48 Å². The van der Waals surface area contributed by atoms with E-state index < -0.39 is 0 Å². The summed E-state index contributed by atoms with van der Waals surface area (Å²) >= 11 is 3.43. The number of halogens is 1. The van der Waals surface area contributed by atoms with Crippen molar-refractivity contribution in [2.24, 2.45) is 0 Å². The number of carbonyl (C=O) groups excluding carboxylic acids is 1. The minimum absolute atomic E-state index is 0.353. The summed E-state index contributed by atoms with van der Waals surface area (Å²) in [6, 6.07) is 7.45. The number of hydrogen-bond donors (Lipinski definition) is 1. The Hall–Kier alpha value is -2.15. The Balaban J connectivity index is 2.19. The van der Waals surface area contributed by atoms with Gasteiger partial charge in [-0.05, 0) is 24.1 Å². The molecule has 1 aliphatic rings. The lowest BCUT2D eigenvalue weighted by Gasteiger charge is -2.28. The third-order valence-electron chi connectivity index (χ3n) is 3.62. The molecule has 1 aromatic carbocycles. The van der Waals surface area contributed by atoms with Crippen molar-refractivity contribution in [1.29, 1.82) is 0 Å². The summed E-state index contributed by atoms with van der Waals surface area (Å²) < 4.78 is 7.66. The van der Waals surface area contributed by atoms with Crippen LogP contribution in [0.25, 0.3) is 0 Å². The van der Waals surface area contributed by atoms with Crippen molar-refractivity contribution in [2.45, 2.75) is 19.4 Å². The molecule has 0 fully saturated rings. The van der Waals surface area contributed by atoms with Crippen molar-refractivity contribution in [3.63, 3.8) is 0 Å². The summed E-state index contributed by atoms with van der Waals surface area (Å²) in [7, 11) is 1.39. The fourth-order valence-corrected chi connectivity index (χ4v) is 2.86. The molecule has 0 saturated carbocycles. The molecule has 1 atom stereocenters. The van der Waals surface area contributed by atoms with E-state index in [0.29, 0.717) is 17.9 Å². The number of nitrogens with one attached hydrogen (secondary N) is 1. The quantitative estimate of drug-likeness (QED) is 0.850. The molecule has 2 heterocycles. The lowest BCUT2D eigenvalue weighted by atomic mass is 9.95. The Labute approximate surface area is 136 Å². The average molecular weight is 363 g/mol. The van der Waals surface area contributed by atoms with Crippen molar-refractivity contribution < 1.29 is 9.53 Å². The van der Waals surface area contributed by atoms with Crippen LogP contribution in [-0.4, -0.2) is 27.8 Å². The van der Waals surface area contributed by atoms with Crippen LogP contribution in [-0.2, 0) is 9.53 Å². The molecule has 7 heteroatoms. The molecule has 1 unspecified atom stereocenters. The number of nitrogens with zero attached hydrogens (tertiary/aromatic N) is 3. The third-order valence-corrected chi connectivity index (χ3v) is 4.15. The van der Waals surface area contributed by atoms with Crippen LogP contribution < -0.4 is 5.32 Å². The van der Waals surface area contributed by atoms with Crippen LogP contribution in [0.5, 0.6) is 0 Å². The molecule has 0 bridgehead atoms. The number of rotatable bonds is 3. The number of methoxy groups -OCH3 is 1. The number of hydrogen-bond acceptors (Lipinski definition) is 5. The highest BCUT2D eigenvalue weighted by molar-refractivity contribution is 9.10. The van der Waals surface area contributed by atoms with Gasteiger partial charge >= 0.3 is 5.97 Å². The van der Waals surface area contributed by atoms with Gasteiger partial charge in [-0.15, -0.1) is 0 Å². The minimum Gasteiger partial charge on any atom is -0.466 e. The van der Waals surface area contributed by atoms with Crippen molar-refractivity contribution >= 4 is 27.8 Å². The predicted molar refractivity (Wildman–Crippen MR) is 85.3 cm³/mol. The first-order valence-corrected chi connectivity index (χ1v) is 7.68. The van der Waals surface area contributed by atoms with Crippen molar-refractivity contribution in [3.8, 4) is 0 Å². The zero-order valence-electron chi connectivity index (χ0n) is 12.2. The normalized spacial score (nSPS) is 17.0. The number of fused-ring (bicyclic) bond motifs is 1. The first-order chi connectivity index (χ1) is 10.7. The van der Waals surface area contributed by atoms with E-state index in [1.807, 2.05) is 31.2 Å². The second-order valence-electron chi connectivity index (χ2n) is 4.84. The van der Waals surface area contributed by atoms with Gasteiger partial charge in [0.25, 0.3) is 0 Å². The van der Waals surface area contributed by atoms with E-state index in [2.05, 4.69) is 31.3 Å². The Morgan fingerprint density at radius 2 is 2.14 bits per heavy atom. The van der Waals surface area contributed by atoms with E-state index >= 15 is 0 Å². The SMILES string of the molecule is CCC1=C(C(=O)OC)C(c2ccc(Br)cc2)n2ncnc2N1. The largest absolute Gasteiger partial charge is 0.466 e. The number of benzene rings is 1. The van der Waals surface area contributed by atoms with Gasteiger partial charge in [0.2, 0.25) is 5.95 Å². The van der Waals surface area contributed by atoms with Crippen molar-refractivity contribution in [3.05, 3.63) is 51.9 Å². The summed E-state index contributed by atoms with van der Waals surface area (Å²) in [5.74, 6) is 0.260. The molecule has 1 aliphatic heterocycles. The summed E-state index contributed by atoms with van der Waals surface area (Å²) in [6.07, 6.45) is 2.14. The number of aromatic nitrogens is 3. The molecule has 0 saturated heterocycles. The van der Waals surface area contributed by atoms with E-state index in [0.717, 1.165) is 15.7 Å². The third kappa shape index (κ3) is 2.41. The molecule has 2 aromatic rings. The molecule has 0 amide bonds. The topological polar surface area (TPSA) is 69.0 Å². The van der Waals surface area contributed by atoms with Gasteiger partial charge in [-0.2, -0.15) is 10.1 Å². The Morgan fingerprint density at radius 3 is 2.77 bits per heavy atom.